The maximum absolute atomic E-state index is 12.5. The lowest BCUT2D eigenvalue weighted by Gasteiger charge is -2.32. The van der Waals surface area contributed by atoms with Crippen molar-refractivity contribution in [1.29, 1.82) is 0 Å². The highest BCUT2D eigenvalue weighted by molar-refractivity contribution is 6.30. The van der Waals surface area contributed by atoms with Crippen molar-refractivity contribution in [2.45, 2.75) is 31.7 Å². The van der Waals surface area contributed by atoms with Gasteiger partial charge in [0.2, 0.25) is 0 Å². The summed E-state index contributed by atoms with van der Waals surface area (Å²) in [5.74, 6) is -0.252. The maximum atomic E-state index is 12.5. The van der Waals surface area contributed by atoms with Crippen LogP contribution in [0.25, 0.3) is 0 Å². The van der Waals surface area contributed by atoms with Gasteiger partial charge >= 0.3 is 12.0 Å². The van der Waals surface area contributed by atoms with Gasteiger partial charge in [-0.3, -0.25) is 9.59 Å². The van der Waals surface area contributed by atoms with Crippen molar-refractivity contribution in [3.8, 4) is 0 Å². The Bertz CT molecular complexity index is 913. The van der Waals surface area contributed by atoms with E-state index in [0.29, 0.717) is 29.6 Å². The number of hydrogen-bond acceptors (Lipinski definition) is 4. The largest absolute Gasteiger partial charge is 0.455 e. The SMILES string of the molecule is NC(=O)NC(CC(=O)OCC(=O)N1CCC(Cc2ccccc2)CC1)c1ccc(Cl)cc1. The molecular formula is C24H28ClN3O4. The van der Waals surface area contributed by atoms with Crippen LogP contribution in [0.2, 0.25) is 5.02 Å². The zero-order valence-electron chi connectivity index (χ0n) is 17.8. The Balaban J connectivity index is 1.44. The summed E-state index contributed by atoms with van der Waals surface area (Å²) >= 11 is 5.89. The van der Waals surface area contributed by atoms with Gasteiger partial charge in [0.1, 0.15) is 0 Å². The second kappa shape index (κ2) is 11.5. The molecule has 0 aromatic heterocycles. The van der Waals surface area contributed by atoms with Gasteiger partial charge in [-0.05, 0) is 48.4 Å². The number of urea groups is 1. The Labute approximate surface area is 192 Å². The van der Waals surface area contributed by atoms with E-state index < -0.39 is 18.0 Å². The summed E-state index contributed by atoms with van der Waals surface area (Å²) in [6.07, 6.45) is 2.72. The Morgan fingerprint density at radius 1 is 1.06 bits per heavy atom. The third kappa shape index (κ3) is 7.27. The first-order valence-electron chi connectivity index (χ1n) is 10.7. The van der Waals surface area contributed by atoms with E-state index in [4.69, 9.17) is 22.1 Å². The fraction of sp³-hybridized carbons (Fsp3) is 0.375. The molecule has 170 valence electrons. The van der Waals surface area contributed by atoms with Crippen LogP contribution in [0.5, 0.6) is 0 Å². The molecule has 32 heavy (non-hydrogen) atoms. The van der Waals surface area contributed by atoms with Crippen LogP contribution in [0.15, 0.2) is 54.6 Å². The fourth-order valence-corrected chi connectivity index (χ4v) is 4.04. The van der Waals surface area contributed by atoms with Crippen LogP contribution in [0.4, 0.5) is 4.79 Å². The molecule has 2 aromatic carbocycles. The Kier molecular flexibility index (Phi) is 8.50. The molecule has 1 atom stereocenters. The number of carbonyl (C=O) groups excluding carboxylic acids is 3. The molecule has 7 nitrogen and oxygen atoms in total. The molecule has 1 aliphatic rings. The van der Waals surface area contributed by atoms with E-state index in [9.17, 15) is 14.4 Å². The molecule has 3 N–H and O–H groups in total. The first kappa shape index (κ1) is 23.6. The van der Waals surface area contributed by atoms with Crippen molar-refractivity contribution in [3.63, 3.8) is 0 Å². The molecule has 1 saturated heterocycles. The molecule has 3 amide bonds. The molecule has 0 radical (unpaired) electrons. The van der Waals surface area contributed by atoms with E-state index in [1.807, 2.05) is 18.2 Å². The van der Waals surface area contributed by atoms with Crippen LogP contribution in [0.1, 0.15) is 36.4 Å². The Morgan fingerprint density at radius 3 is 2.34 bits per heavy atom. The zero-order chi connectivity index (χ0) is 22.9. The number of carbonyl (C=O) groups is 3. The first-order chi connectivity index (χ1) is 15.4. The second-order valence-corrected chi connectivity index (χ2v) is 8.43. The number of nitrogens with two attached hydrogens (primary N) is 1. The van der Waals surface area contributed by atoms with Crippen molar-refractivity contribution < 1.29 is 19.1 Å². The van der Waals surface area contributed by atoms with E-state index in [1.165, 1.54) is 5.56 Å². The number of amides is 3. The van der Waals surface area contributed by atoms with E-state index in [0.717, 1.165) is 19.3 Å². The number of hydrogen-bond donors (Lipinski definition) is 2. The molecule has 0 spiro atoms. The summed E-state index contributed by atoms with van der Waals surface area (Å²) in [4.78, 5) is 37.9. The molecule has 0 aliphatic carbocycles. The van der Waals surface area contributed by atoms with Crippen LogP contribution in [0, 0.1) is 5.92 Å². The van der Waals surface area contributed by atoms with E-state index in [2.05, 4.69) is 17.4 Å². The smallest absolute Gasteiger partial charge is 0.312 e. The van der Waals surface area contributed by atoms with Gasteiger partial charge in [0.25, 0.3) is 5.91 Å². The quantitative estimate of drug-likeness (QED) is 0.592. The lowest BCUT2D eigenvalue weighted by atomic mass is 9.90. The number of likely N-dealkylation sites (tertiary alicyclic amines) is 1. The standard InChI is InChI=1S/C24H28ClN3O4/c25-20-8-6-19(7-9-20)21(27-24(26)31)15-23(30)32-16-22(29)28-12-10-18(11-13-28)14-17-4-2-1-3-5-17/h1-9,18,21H,10-16H2,(H3,26,27,31). The van der Waals surface area contributed by atoms with Crippen LogP contribution in [-0.4, -0.2) is 42.5 Å². The predicted octanol–water partition coefficient (Wildman–Crippen LogP) is 3.46. The number of piperidine rings is 1. The molecule has 0 saturated carbocycles. The molecule has 8 heteroatoms. The third-order valence-electron chi connectivity index (χ3n) is 5.65. The number of ether oxygens (including phenoxy) is 1. The summed E-state index contributed by atoms with van der Waals surface area (Å²) in [6, 6.07) is 15.6. The van der Waals surface area contributed by atoms with Gasteiger partial charge in [-0.15, -0.1) is 0 Å². The summed E-state index contributed by atoms with van der Waals surface area (Å²) in [5, 5.41) is 3.06. The average molecular weight is 458 g/mol. The van der Waals surface area contributed by atoms with Gasteiger partial charge in [-0.1, -0.05) is 54.1 Å². The molecular weight excluding hydrogens is 430 g/mol. The van der Waals surface area contributed by atoms with Gasteiger partial charge in [-0.25, -0.2) is 4.79 Å². The minimum Gasteiger partial charge on any atom is -0.455 e. The van der Waals surface area contributed by atoms with Gasteiger partial charge in [-0.2, -0.15) is 0 Å². The molecule has 3 rings (SSSR count). The van der Waals surface area contributed by atoms with Crippen molar-refractivity contribution in [2.24, 2.45) is 11.7 Å². The minimum absolute atomic E-state index is 0.142. The Morgan fingerprint density at radius 2 is 1.72 bits per heavy atom. The number of nitrogens with one attached hydrogen (secondary N) is 1. The third-order valence-corrected chi connectivity index (χ3v) is 5.90. The average Bonchev–Trinajstić information content (AvgIpc) is 2.78. The highest BCUT2D eigenvalue weighted by atomic mass is 35.5. The molecule has 2 aromatic rings. The van der Waals surface area contributed by atoms with Gasteiger partial charge in [0.15, 0.2) is 6.61 Å². The van der Waals surface area contributed by atoms with Crippen molar-refractivity contribution in [2.75, 3.05) is 19.7 Å². The van der Waals surface area contributed by atoms with E-state index in [-0.39, 0.29) is 18.9 Å². The minimum atomic E-state index is -0.757. The Hall–Kier alpha value is -3.06. The van der Waals surface area contributed by atoms with Gasteiger partial charge < -0.3 is 20.7 Å². The highest BCUT2D eigenvalue weighted by Crippen LogP contribution is 2.22. The number of nitrogens with zero attached hydrogens (tertiary/aromatic N) is 1. The molecule has 1 heterocycles. The van der Waals surface area contributed by atoms with E-state index >= 15 is 0 Å². The number of rotatable bonds is 8. The molecule has 1 fully saturated rings. The summed E-state index contributed by atoms with van der Waals surface area (Å²) < 4.78 is 5.19. The maximum Gasteiger partial charge on any atom is 0.312 e. The van der Waals surface area contributed by atoms with Gasteiger partial charge in [0, 0.05) is 18.1 Å². The highest BCUT2D eigenvalue weighted by Gasteiger charge is 2.24. The van der Waals surface area contributed by atoms with Crippen molar-refractivity contribution >= 4 is 29.5 Å². The van der Waals surface area contributed by atoms with Gasteiger partial charge in [0.05, 0.1) is 12.5 Å². The van der Waals surface area contributed by atoms with Crippen molar-refractivity contribution in [1.82, 2.24) is 10.2 Å². The van der Waals surface area contributed by atoms with Crippen LogP contribution < -0.4 is 11.1 Å². The van der Waals surface area contributed by atoms with E-state index in [1.54, 1.807) is 29.2 Å². The summed E-state index contributed by atoms with van der Waals surface area (Å²) in [7, 11) is 0. The second-order valence-electron chi connectivity index (χ2n) is 7.99. The number of primary amides is 1. The van der Waals surface area contributed by atoms with Crippen molar-refractivity contribution in [3.05, 3.63) is 70.7 Å². The lowest BCUT2D eigenvalue weighted by molar-refractivity contribution is -0.153. The fourth-order valence-electron chi connectivity index (χ4n) is 3.91. The monoisotopic (exact) mass is 457 g/mol. The van der Waals surface area contributed by atoms with Crippen LogP contribution in [-0.2, 0) is 20.7 Å². The first-order valence-corrected chi connectivity index (χ1v) is 11.1. The zero-order valence-corrected chi connectivity index (χ0v) is 18.6. The van der Waals surface area contributed by atoms with Crippen LogP contribution in [0.3, 0.4) is 0 Å². The topological polar surface area (TPSA) is 102 Å². The number of esters is 1. The summed E-state index contributed by atoms with van der Waals surface area (Å²) in [5.41, 5.74) is 7.20. The number of halogens is 1. The lowest BCUT2D eigenvalue weighted by Crippen LogP contribution is -2.41. The molecule has 0 bridgehead atoms. The molecule has 1 unspecified atom stereocenters. The number of benzene rings is 2. The predicted molar refractivity (Wildman–Crippen MR) is 122 cm³/mol. The summed E-state index contributed by atoms with van der Waals surface area (Å²) in [6.45, 7) is 1.00. The normalized spacial score (nSPS) is 15.1. The molecule has 1 aliphatic heterocycles. The van der Waals surface area contributed by atoms with Crippen LogP contribution >= 0.6 is 11.6 Å².